The van der Waals surface area contributed by atoms with Crippen molar-refractivity contribution in [3.05, 3.63) is 29.8 Å². The zero-order chi connectivity index (χ0) is 8.10. The molecule has 3 heteroatoms. The number of hydrazine groups is 1. The van der Waals surface area contributed by atoms with Crippen molar-refractivity contribution in [3.63, 3.8) is 0 Å². The molecule has 0 amide bonds. The molecule has 0 aliphatic heterocycles. The molecule has 1 rings (SSSR count). The lowest BCUT2D eigenvalue weighted by molar-refractivity contribution is 0.741. The van der Waals surface area contributed by atoms with Crippen molar-refractivity contribution in [1.29, 1.82) is 0 Å². The van der Waals surface area contributed by atoms with Crippen LogP contribution in [0.1, 0.15) is 5.56 Å². The molecule has 0 bridgehead atoms. The molecule has 0 aliphatic rings. The summed E-state index contributed by atoms with van der Waals surface area (Å²) in [6, 6.07) is 8.11. The summed E-state index contributed by atoms with van der Waals surface area (Å²) >= 11 is 0. The summed E-state index contributed by atoms with van der Waals surface area (Å²) in [7, 11) is 1.90. The first kappa shape index (κ1) is 8.04. The zero-order valence-electron chi connectivity index (χ0n) is 6.59. The predicted molar refractivity (Wildman–Crippen MR) is 47.0 cm³/mol. The van der Waals surface area contributed by atoms with Gasteiger partial charge < -0.3 is 5.32 Å². The first-order valence-electron chi connectivity index (χ1n) is 3.57. The Bertz CT molecular complexity index is 205. The van der Waals surface area contributed by atoms with E-state index in [0.717, 1.165) is 5.69 Å². The standard InChI is InChI=1S/C8H13N3/c1-10-8-4-2-7(3-5-8)6-11-9/h2-5,10-11H,6,9H2,1H3. The van der Waals surface area contributed by atoms with Crippen LogP contribution in [0.2, 0.25) is 0 Å². The van der Waals surface area contributed by atoms with Gasteiger partial charge in [-0.05, 0) is 17.7 Å². The Morgan fingerprint density at radius 2 is 1.91 bits per heavy atom. The topological polar surface area (TPSA) is 50.1 Å². The molecule has 4 N–H and O–H groups in total. The van der Waals surface area contributed by atoms with E-state index in [1.54, 1.807) is 0 Å². The summed E-state index contributed by atoms with van der Waals surface area (Å²) in [5, 5.41) is 3.04. The lowest BCUT2D eigenvalue weighted by Crippen LogP contribution is -2.20. The average molecular weight is 151 g/mol. The second kappa shape index (κ2) is 3.95. The highest BCUT2D eigenvalue weighted by molar-refractivity contribution is 5.43. The van der Waals surface area contributed by atoms with Crippen molar-refractivity contribution in [1.82, 2.24) is 5.43 Å². The summed E-state index contributed by atoms with van der Waals surface area (Å²) < 4.78 is 0. The van der Waals surface area contributed by atoms with E-state index in [-0.39, 0.29) is 0 Å². The number of hydrogen-bond acceptors (Lipinski definition) is 3. The summed E-state index contributed by atoms with van der Waals surface area (Å²) in [5.41, 5.74) is 4.90. The third-order valence-corrected chi connectivity index (χ3v) is 1.55. The van der Waals surface area contributed by atoms with Crippen LogP contribution in [-0.2, 0) is 6.54 Å². The fraction of sp³-hybridized carbons (Fsp3) is 0.250. The van der Waals surface area contributed by atoms with E-state index in [2.05, 4.69) is 10.7 Å². The minimum Gasteiger partial charge on any atom is -0.388 e. The van der Waals surface area contributed by atoms with Gasteiger partial charge in [0.2, 0.25) is 0 Å². The van der Waals surface area contributed by atoms with Gasteiger partial charge in [-0.25, -0.2) is 0 Å². The third kappa shape index (κ3) is 2.22. The summed E-state index contributed by atoms with van der Waals surface area (Å²) in [5.74, 6) is 5.17. The van der Waals surface area contributed by atoms with Gasteiger partial charge in [-0.15, -0.1) is 0 Å². The highest BCUT2D eigenvalue weighted by Gasteiger charge is 1.89. The molecule has 3 nitrogen and oxygen atoms in total. The van der Waals surface area contributed by atoms with Crippen LogP contribution in [-0.4, -0.2) is 7.05 Å². The first-order chi connectivity index (χ1) is 5.36. The van der Waals surface area contributed by atoms with Gasteiger partial charge in [0.1, 0.15) is 0 Å². The van der Waals surface area contributed by atoms with Gasteiger partial charge in [-0.2, -0.15) is 0 Å². The first-order valence-corrected chi connectivity index (χ1v) is 3.57. The van der Waals surface area contributed by atoms with E-state index in [9.17, 15) is 0 Å². The number of nitrogens with two attached hydrogens (primary N) is 1. The lowest BCUT2D eigenvalue weighted by Gasteiger charge is -2.01. The molecular formula is C8H13N3. The van der Waals surface area contributed by atoms with Gasteiger partial charge >= 0.3 is 0 Å². The predicted octanol–water partition coefficient (Wildman–Crippen LogP) is 0.692. The number of benzene rings is 1. The largest absolute Gasteiger partial charge is 0.388 e. The Labute approximate surface area is 66.6 Å². The van der Waals surface area contributed by atoms with Gasteiger partial charge in [-0.3, -0.25) is 11.3 Å². The van der Waals surface area contributed by atoms with Gasteiger partial charge in [0.25, 0.3) is 0 Å². The Morgan fingerprint density at radius 3 is 2.36 bits per heavy atom. The van der Waals surface area contributed by atoms with Crippen LogP contribution in [0.3, 0.4) is 0 Å². The van der Waals surface area contributed by atoms with E-state index in [4.69, 9.17) is 5.84 Å². The Hall–Kier alpha value is -1.06. The molecule has 0 aliphatic carbocycles. The molecule has 0 heterocycles. The number of hydrogen-bond donors (Lipinski definition) is 3. The maximum absolute atomic E-state index is 5.17. The van der Waals surface area contributed by atoms with Crippen molar-refractivity contribution >= 4 is 5.69 Å². The van der Waals surface area contributed by atoms with Crippen LogP contribution in [0.25, 0.3) is 0 Å². The van der Waals surface area contributed by atoms with Crippen molar-refractivity contribution in [3.8, 4) is 0 Å². The van der Waals surface area contributed by atoms with Gasteiger partial charge in [0, 0.05) is 19.3 Å². The number of anilines is 1. The van der Waals surface area contributed by atoms with Crippen molar-refractivity contribution in [2.45, 2.75) is 6.54 Å². The molecule has 11 heavy (non-hydrogen) atoms. The van der Waals surface area contributed by atoms with Crippen LogP contribution in [0, 0.1) is 0 Å². The lowest BCUT2D eigenvalue weighted by atomic mass is 10.2. The molecule has 0 unspecified atom stereocenters. The van der Waals surface area contributed by atoms with E-state index in [0.29, 0.717) is 6.54 Å². The van der Waals surface area contributed by atoms with Gasteiger partial charge in [0.05, 0.1) is 0 Å². The van der Waals surface area contributed by atoms with E-state index >= 15 is 0 Å². The fourth-order valence-electron chi connectivity index (χ4n) is 0.907. The Kier molecular flexibility index (Phi) is 2.89. The molecule has 1 aromatic carbocycles. The summed E-state index contributed by atoms with van der Waals surface area (Å²) in [4.78, 5) is 0. The van der Waals surface area contributed by atoms with Gasteiger partial charge in [0.15, 0.2) is 0 Å². The third-order valence-electron chi connectivity index (χ3n) is 1.55. The zero-order valence-corrected chi connectivity index (χ0v) is 6.59. The normalized spacial score (nSPS) is 9.64. The minimum atomic E-state index is 0.712. The van der Waals surface area contributed by atoms with Crippen LogP contribution in [0.15, 0.2) is 24.3 Å². The fourth-order valence-corrected chi connectivity index (χ4v) is 0.907. The van der Waals surface area contributed by atoms with E-state index < -0.39 is 0 Å². The molecule has 60 valence electrons. The highest BCUT2D eigenvalue weighted by Crippen LogP contribution is 2.07. The van der Waals surface area contributed by atoms with E-state index in [1.807, 2.05) is 31.3 Å². The second-order valence-corrected chi connectivity index (χ2v) is 2.33. The Balaban J connectivity index is 2.66. The van der Waals surface area contributed by atoms with Crippen LogP contribution >= 0.6 is 0 Å². The monoisotopic (exact) mass is 151 g/mol. The molecule has 0 spiro atoms. The molecule has 0 fully saturated rings. The van der Waals surface area contributed by atoms with Crippen molar-refractivity contribution in [2.75, 3.05) is 12.4 Å². The number of nitrogens with one attached hydrogen (secondary N) is 2. The van der Waals surface area contributed by atoms with Crippen molar-refractivity contribution < 1.29 is 0 Å². The minimum absolute atomic E-state index is 0.712. The number of rotatable bonds is 3. The smallest absolute Gasteiger partial charge is 0.0348 e. The SMILES string of the molecule is CNc1ccc(CNN)cc1. The van der Waals surface area contributed by atoms with E-state index in [1.165, 1.54) is 5.56 Å². The molecule has 0 saturated heterocycles. The molecule has 0 saturated carbocycles. The van der Waals surface area contributed by atoms with Crippen LogP contribution in [0.5, 0.6) is 0 Å². The molecule has 0 radical (unpaired) electrons. The quantitative estimate of drug-likeness (QED) is 0.440. The second-order valence-electron chi connectivity index (χ2n) is 2.33. The van der Waals surface area contributed by atoms with Crippen LogP contribution in [0.4, 0.5) is 5.69 Å². The van der Waals surface area contributed by atoms with Crippen LogP contribution < -0.4 is 16.6 Å². The summed E-state index contributed by atoms with van der Waals surface area (Å²) in [6.45, 7) is 0.712. The maximum Gasteiger partial charge on any atom is 0.0348 e. The average Bonchev–Trinajstić information content (AvgIpc) is 2.07. The highest BCUT2D eigenvalue weighted by atomic mass is 15.2. The van der Waals surface area contributed by atoms with Crippen molar-refractivity contribution in [2.24, 2.45) is 5.84 Å². The molecule has 0 atom stereocenters. The molecule has 1 aromatic rings. The maximum atomic E-state index is 5.17. The van der Waals surface area contributed by atoms with Gasteiger partial charge in [-0.1, -0.05) is 12.1 Å². The molecular weight excluding hydrogens is 138 g/mol. The summed E-state index contributed by atoms with van der Waals surface area (Å²) in [6.07, 6.45) is 0. The Morgan fingerprint density at radius 1 is 1.27 bits per heavy atom. The molecule has 0 aromatic heterocycles.